The fourth-order valence-electron chi connectivity index (χ4n) is 4.46. The minimum atomic E-state index is 0.0520. The molecule has 7 heteroatoms. The molecule has 1 aliphatic heterocycles. The number of rotatable bonds is 5. The molecule has 29 heavy (non-hydrogen) atoms. The van der Waals surface area contributed by atoms with Crippen LogP contribution in [-0.4, -0.2) is 61.7 Å². The summed E-state index contributed by atoms with van der Waals surface area (Å²) in [5, 5.41) is 4.65. The summed E-state index contributed by atoms with van der Waals surface area (Å²) in [5.74, 6) is 0. The quantitative estimate of drug-likeness (QED) is 0.660. The fourth-order valence-corrected chi connectivity index (χ4v) is 4.46. The number of hydrogen-bond donors (Lipinski definition) is 0. The Bertz CT molecular complexity index is 1010. The van der Waals surface area contributed by atoms with Gasteiger partial charge in [0.1, 0.15) is 5.65 Å². The third-order valence-electron chi connectivity index (χ3n) is 6.17. The maximum Gasteiger partial charge on any atom is 0.267 e. The van der Waals surface area contributed by atoms with E-state index in [0.29, 0.717) is 6.54 Å². The molecule has 152 valence electrons. The highest BCUT2D eigenvalue weighted by atomic mass is 16.1. The van der Waals surface area contributed by atoms with E-state index in [1.807, 2.05) is 30.5 Å². The smallest absolute Gasteiger partial charge is 0.267 e. The Morgan fingerprint density at radius 3 is 2.66 bits per heavy atom. The van der Waals surface area contributed by atoms with E-state index >= 15 is 0 Å². The van der Waals surface area contributed by atoms with Crippen molar-refractivity contribution in [3.05, 3.63) is 64.0 Å². The van der Waals surface area contributed by atoms with Crippen molar-refractivity contribution in [2.45, 2.75) is 38.8 Å². The van der Waals surface area contributed by atoms with Crippen molar-refractivity contribution in [2.75, 3.05) is 32.7 Å². The third kappa shape index (κ3) is 4.11. The van der Waals surface area contributed by atoms with Gasteiger partial charge in [-0.3, -0.25) is 14.6 Å². The van der Waals surface area contributed by atoms with Gasteiger partial charge in [-0.1, -0.05) is 6.07 Å². The molecule has 0 bridgehead atoms. The Hall–Kier alpha value is -2.51. The molecule has 0 spiro atoms. The average molecular weight is 393 g/mol. The Morgan fingerprint density at radius 1 is 0.966 bits per heavy atom. The van der Waals surface area contributed by atoms with Gasteiger partial charge in [0, 0.05) is 57.7 Å². The number of fused-ring (bicyclic) bond motifs is 2. The maximum absolute atomic E-state index is 12.4. The standard InChI is InChI=1S/C22H28N6O/c29-22-15-18-5-1-2-6-20(18)24-28(22)14-13-25-9-11-26(12-10-25)16-19-17-27-8-4-3-7-21(27)23-19/h3-4,7-8,15,17H,1-2,5-6,9-14,16H2. The number of pyridine rings is 1. The van der Waals surface area contributed by atoms with Crippen LogP contribution in [0.25, 0.3) is 5.65 Å². The zero-order valence-corrected chi connectivity index (χ0v) is 16.8. The lowest BCUT2D eigenvalue weighted by Gasteiger charge is -2.34. The van der Waals surface area contributed by atoms with Crippen molar-refractivity contribution >= 4 is 5.65 Å². The normalized spacial score (nSPS) is 18.2. The average Bonchev–Trinajstić information content (AvgIpc) is 3.15. The van der Waals surface area contributed by atoms with Crippen LogP contribution in [0.2, 0.25) is 0 Å². The minimum absolute atomic E-state index is 0.0520. The van der Waals surface area contributed by atoms with Crippen molar-refractivity contribution in [3.63, 3.8) is 0 Å². The molecule has 0 saturated carbocycles. The first-order valence-corrected chi connectivity index (χ1v) is 10.7. The lowest BCUT2D eigenvalue weighted by Crippen LogP contribution is -2.47. The van der Waals surface area contributed by atoms with Crippen LogP contribution in [-0.2, 0) is 25.9 Å². The van der Waals surface area contributed by atoms with Crippen LogP contribution < -0.4 is 5.56 Å². The summed E-state index contributed by atoms with van der Waals surface area (Å²) in [6.07, 6.45) is 8.55. The highest BCUT2D eigenvalue weighted by Gasteiger charge is 2.19. The summed E-state index contributed by atoms with van der Waals surface area (Å²) in [4.78, 5) is 22.0. The summed E-state index contributed by atoms with van der Waals surface area (Å²) in [6, 6.07) is 7.90. The maximum atomic E-state index is 12.4. The molecule has 4 heterocycles. The fraction of sp³-hybridized carbons (Fsp3) is 0.500. The van der Waals surface area contributed by atoms with Crippen LogP contribution in [0, 0.1) is 0 Å². The van der Waals surface area contributed by atoms with Crippen LogP contribution in [0.3, 0.4) is 0 Å². The molecule has 2 aliphatic rings. The Kier molecular flexibility index (Phi) is 5.16. The number of nitrogens with zero attached hydrogens (tertiary/aromatic N) is 6. The summed E-state index contributed by atoms with van der Waals surface area (Å²) < 4.78 is 3.75. The van der Waals surface area contributed by atoms with E-state index in [4.69, 9.17) is 4.98 Å². The molecule has 0 radical (unpaired) electrons. The number of imidazole rings is 1. The number of hydrogen-bond acceptors (Lipinski definition) is 5. The predicted octanol–water partition coefficient (Wildman–Crippen LogP) is 1.59. The predicted molar refractivity (Wildman–Crippen MR) is 112 cm³/mol. The lowest BCUT2D eigenvalue weighted by molar-refractivity contribution is 0.121. The van der Waals surface area contributed by atoms with E-state index in [0.717, 1.165) is 74.7 Å². The molecule has 1 saturated heterocycles. The van der Waals surface area contributed by atoms with E-state index in [1.54, 1.807) is 4.68 Å². The van der Waals surface area contributed by atoms with Gasteiger partial charge in [-0.2, -0.15) is 5.10 Å². The largest absolute Gasteiger partial charge is 0.307 e. The first-order chi connectivity index (χ1) is 14.2. The zero-order chi connectivity index (χ0) is 19.6. The molecule has 0 unspecified atom stereocenters. The second-order valence-electron chi connectivity index (χ2n) is 8.20. The van der Waals surface area contributed by atoms with Gasteiger partial charge in [-0.15, -0.1) is 0 Å². The zero-order valence-electron chi connectivity index (χ0n) is 16.8. The number of aryl methyl sites for hydroxylation is 2. The van der Waals surface area contributed by atoms with E-state index in [1.165, 1.54) is 12.8 Å². The van der Waals surface area contributed by atoms with Gasteiger partial charge in [-0.25, -0.2) is 9.67 Å². The molecule has 3 aromatic heterocycles. The molecule has 3 aromatic rings. The third-order valence-corrected chi connectivity index (χ3v) is 6.17. The molecule has 5 rings (SSSR count). The molecule has 1 aliphatic carbocycles. The van der Waals surface area contributed by atoms with Gasteiger partial charge in [-0.05, 0) is 43.4 Å². The van der Waals surface area contributed by atoms with Gasteiger partial charge in [0.05, 0.1) is 17.9 Å². The van der Waals surface area contributed by atoms with Crippen molar-refractivity contribution in [2.24, 2.45) is 0 Å². The second-order valence-corrected chi connectivity index (χ2v) is 8.20. The molecular weight excluding hydrogens is 364 g/mol. The van der Waals surface area contributed by atoms with Crippen LogP contribution in [0.4, 0.5) is 0 Å². The van der Waals surface area contributed by atoms with Crippen LogP contribution in [0.5, 0.6) is 0 Å². The highest BCUT2D eigenvalue weighted by Crippen LogP contribution is 2.17. The van der Waals surface area contributed by atoms with Crippen LogP contribution in [0.1, 0.15) is 29.8 Å². The van der Waals surface area contributed by atoms with Crippen LogP contribution in [0.15, 0.2) is 41.5 Å². The molecule has 0 N–H and O–H groups in total. The lowest BCUT2D eigenvalue weighted by atomic mass is 9.97. The monoisotopic (exact) mass is 392 g/mol. The second kappa shape index (κ2) is 8.08. The minimum Gasteiger partial charge on any atom is -0.307 e. The van der Waals surface area contributed by atoms with E-state index < -0.39 is 0 Å². The molecule has 7 nitrogen and oxygen atoms in total. The molecule has 0 atom stereocenters. The van der Waals surface area contributed by atoms with Gasteiger partial charge in [0.15, 0.2) is 0 Å². The van der Waals surface area contributed by atoms with Crippen molar-refractivity contribution in [1.29, 1.82) is 0 Å². The van der Waals surface area contributed by atoms with Crippen molar-refractivity contribution in [3.8, 4) is 0 Å². The van der Waals surface area contributed by atoms with E-state index in [9.17, 15) is 4.79 Å². The Morgan fingerprint density at radius 2 is 1.79 bits per heavy atom. The summed E-state index contributed by atoms with van der Waals surface area (Å²) in [5.41, 5.74) is 4.47. The van der Waals surface area contributed by atoms with Crippen molar-refractivity contribution in [1.82, 2.24) is 29.0 Å². The van der Waals surface area contributed by atoms with Crippen molar-refractivity contribution < 1.29 is 0 Å². The summed E-state index contributed by atoms with van der Waals surface area (Å²) in [7, 11) is 0. The molecule has 0 amide bonds. The molecule has 1 fully saturated rings. The Balaban J connectivity index is 1.14. The van der Waals surface area contributed by atoms with Crippen LogP contribution >= 0.6 is 0 Å². The van der Waals surface area contributed by atoms with Gasteiger partial charge < -0.3 is 4.40 Å². The van der Waals surface area contributed by atoms with Gasteiger partial charge in [0.2, 0.25) is 0 Å². The Labute approximate surface area is 170 Å². The highest BCUT2D eigenvalue weighted by molar-refractivity contribution is 5.39. The van der Waals surface area contributed by atoms with E-state index in [2.05, 4.69) is 25.5 Å². The van der Waals surface area contributed by atoms with E-state index in [-0.39, 0.29) is 5.56 Å². The SMILES string of the molecule is O=c1cc2c(nn1CCN1CCN(Cc3cn4ccccc4n3)CC1)CCCC2. The number of aromatic nitrogens is 4. The summed E-state index contributed by atoms with van der Waals surface area (Å²) >= 11 is 0. The topological polar surface area (TPSA) is 58.7 Å². The van der Waals surface area contributed by atoms with Gasteiger partial charge in [0.25, 0.3) is 5.56 Å². The summed E-state index contributed by atoms with van der Waals surface area (Å²) in [6.45, 7) is 6.55. The molecule has 0 aromatic carbocycles. The first kappa shape index (κ1) is 18.5. The number of piperazine rings is 1. The molecular formula is C22H28N6O. The van der Waals surface area contributed by atoms with Gasteiger partial charge >= 0.3 is 0 Å². The first-order valence-electron chi connectivity index (χ1n) is 10.7.